The van der Waals surface area contributed by atoms with Gasteiger partial charge in [0.25, 0.3) is 5.56 Å². The van der Waals surface area contributed by atoms with Crippen LogP contribution in [0.25, 0.3) is 21.5 Å². The van der Waals surface area contributed by atoms with Gasteiger partial charge in [0, 0.05) is 30.6 Å². The minimum Gasteiger partial charge on any atom is -0.461 e. The molecule has 1 aliphatic rings. The second-order valence-corrected chi connectivity index (χ2v) is 8.87. The number of allylic oxidation sites excluding steroid dienone is 1. The van der Waals surface area contributed by atoms with E-state index in [2.05, 4.69) is 16.9 Å². The number of fused-ring (bicyclic) bond motifs is 1. The average Bonchev–Trinajstić information content (AvgIpc) is 3.47. The molecule has 3 aromatic heterocycles. The molecule has 1 amide bonds. The first-order valence-corrected chi connectivity index (χ1v) is 11.6. The lowest BCUT2D eigenvalue weighted by Crippen LogP contribution is -2.33. The maximum Gasteiger partial charge on any atom is 0.263 e. The van der Waals surface area contributed by atoms with Gasteiger partial charge in [-0.25, -0.2) is 4.98 Å². The van der Waals surface area contributed by atoms with Gasteiger partial charge < -0.3 is 14.5 Å². The molecule has 0 saturated carbocycles. The van der Waals surface area contributed by atoms with Crippen molar-refractivity contribution in [3.63, 3.8) is 0 Å². The molecule has 0 unspecified atom stereocenters. The minimum absolute atomic E-state index is 0.0992. The largest absolute Gasteiger partial charge is 0.461 e. The number of thioether (sulfide) groups is 1. The molecular formula is C21H23N3O4S2. The van der Waals surface area contributed by atoms with E-state index in [4.69, 9.17) is 9.15 Å². The normalized spacial score (nSPS) is 16.2. The molecule has 0 radical (unpaired) electrons. The van der Waals surface area contributed by atoms with Gasteiger partial charge in [0.1, 0.15) is 16.4 Å². The number of carbonyl (C=O) groups is 1. The van der Waals surface area contributed by atoms with E-state index < -0.39 is 0 Å². The van der Waals surface area contributed by atoms with Gasteiger partial charge in [0.2, 0.25) is 5.91 Å². The van der Waals surface area contributed by atoms with Gasteiger partial charge in [-0.2, -0.15) is 0 Å². The molecule has 0 aliphatic carbocycles. The van der Waals surface area contributed by atoms with Gasteiger partial charge in [-0.15, -0.1) is 17.9 Å². The number of carbonyl (C=O) groups excluding carboxylic acids is 1. The lowest BCUT2D eigenvalue weighted by Gasteiger charge is -2.12. The monoisotopic (exact) mass is 445 g/mol. The molecule has 9 heteroatoms. The number of amides is 1. The van der Waals surface area contributed by atoms with Crippen LogP contribution in [0, 0.1) is 6.92 Å². The van der Waals surface area contributed by atoms with Crippen molar-refractivity contribution in [3.8, 4) is 11.3 Å². The molecule has 7 nitrogen and oxygen atoms in total. The predicted molar refractivity (Wildman–Crippen MR) is 119 cm³/mol. The number of thiophene rings is 1. The van der Waals surface area contributed by atoms with E-state index in [1.165, 1.54) is 23.1 Å². The number of furan rings is 1. The van der Waals surface area contributed by atoms with Gasteiger partial charge >= 0.3 is 0 Å². The highest BCUT2D eigenvalue weighted by Gasteiger charge is 2.20. The van der Waals surface area contributed by atoms with E-state index >= 15 is 0 Å². The van der Waals surface area contributed by atoms with Crippen LogP contribution in [0.3, 0.4) is 0 Å². The molecule has 1 fully saturated rings. The van der Waals surface area contributed by atoms with Crippen LogP contribution in [-0.2, 0) is 16.1 Å². The average molecular weight is 446 g/mol. The molecule has 1 N–H and O–H groups in total. The lowest BCUT2D eigenvalue weighted by atomic mass is 10.2. The molecule has 0 spiro atoms. The first kappa shape index (κ1) is 20.9. The molecule has 1 atom stereocenters. The summed E-state index contributed by atoms with van der Waals surface area (Å²) in [7, 11) is 0. The van der Waals surface area contributed by atoms with Gasteiger partial charge in [-0.05, 0) is 31.9 Å². The fourth-order valence-electron chi connectivity index (χ4n) is 3.38. The van der Waals surface area contributed by atoms with Gasteiger partial charge in [-0.1, -0.05) is 17.8 Å². The van der Waals surface area contributed by atoms with Crippen LogP contribution >= 0.6 is 23.1 Å². The Hall–Kier alpha value is -2.36. The molecule has 158 valence electrons. The Kier molecular flexibility index (Phi) is 6.40. The van der Waals surface area contributed by atoms with Crippen molar-refractivity contribution in [2.24, 2.45) is 0 Å². The zero-order valence-corrected chi connectivity index (χ0v) is 18.3. The molecule has 1 saturated heterocycles. The fraction of sp³-hybridized carbons (Fsp3) is 0.381. The van der Waals surface area contributed by atoms with E-state index in [1.54, 1.807) is 10.6 Å². The van der Waals surface area contributed by atoms with E-state index in [0.717, 1.165) is 30.8 Å². The summed E-state index contributed by atoms with van der Waals surface area (Å²) in [6.45, 7) is 7.21. The van der Waals surface area contributed by atoms with Crippen LogP contribution in [-0.4, -0.2) is 40.5 Å². The fourth-order valence-corrected chi connectivity index (χ4v) is 5.19. The topological polar surface area (TPSA) is 86.4 Å². The number of hydrogen-bond donors (Lipinski definition) is 1. The third-order valence-electron chi connectivity index (χ3n) is 4.86. The predicted octanol–water partition coefficient (Wildman–Crippen LogP) is 3.60. The molecule has 3 aromatic rings. The molecule has 0 bridgehead atoms. The van der Waals surface area contributed by atoms with Crippen LogP contribution in [0.4, 0.5) is 0 Å². The Morgan fingerprint density at radius 2 is 2.37 bits per heavy atom. The van der Waals surface area contributed by atoms with E-state index in [-0.39, 0.29) is 23.3 Å². The summed E-state index contributed by atoms with van der Waals surface area (Å²) in [5.74, 6) is 1.51. The van der Waals surface area contributed by atoms with Crippen LogP contribution in [0.5, 0.6) is 0 Å². The SMILES string of the molecule is C=CCn1c(SCC(=O)NC[C@@H]2CCCO2)nc2scc(-c3ccc(C)o3)c2c1=O. The molecule has 4 rings (SSSR count). The van der Waals surface area contributed by atoms with Crippen LogP contribution in [0.2, 0.25) is 0 Å². The number of ether oxygens (including phenoxy) is 1. The zero-order valence-electron chi connectivity index (χ0n) is 16.7. The van der Waals surface area contributed by atoms with Crippen LogP contribution in [0.1, 0.15) is 18.6 Å². The number of rotatable bonds is 8. The third-order valence-corrected chi connectivity index (χ3v) is 6.71. The van der Waals surface area contributed by atoms with Gasteiger partial charge in [0.15, 0.2) is 5.16 Å². The maximum absolute atomic E-state index is 13.3. The standard InChI is InChI=1S/C21H23N3O4S2/c1-3-8-24-20(26)18-15(16-7-6-13(2)28-16)11-29-19(18)23-21(24)30-12-17(25)22-10-14-5-4-9-27-14/h3,6-7,11,14H,1,4-5,8-10,12H2,2H3,(H,22,25)/t14-/m0/s1. The number of nitrogens with zero attached hydrogens (tertiary/aromatic N) is 2. The van der Waals surface area contributed by atoms with Crippen LogP contribution < -0.4 is 10.9 Å². The van der Waals surface area contributed by atoms with Crippen LogP contribution in [0.15, 0.2) is 44.5 Å². The second kappa shape index (κ2) is 9.20. The Bertz CT molecular complexity index is 1130. The summed E-state index contributed by atoms with van der Waals surface area (Å²) < 4.78 is 12.8. The zero-order chi connectivity index (χ0) is 21.1. The van der Waals surface area contributed by atoms with E-state index in [0.29, 0.717) is 34.2 Å². The Balaban J connectivity index is 1.56. The van der Waals surface area contributed by atoms with Crippen molar-refractivity contribution in [1.29, 1.82) is 0 Å². The molecule has 4 heterocycles. The summed E-state index contributed by atoms with van der Waals surface area (Å²) >= 11 is 2.64. The summed E-state index contributed by atoms with van der Waals surface area (Å²) in [5.41, 5.74) is 0.580. The number of hydrogen-bond acceptors (Lipinski definition) is 7. The van der Waals surface area contributed by atoms with Crippen molar-refractivity contribution >= 4 is 39.2 Å². The van der Waals surface area contributed by atoms with E-state index in [1.807, 2.05) is 24.4 Å². The van der Waals surface area contributed by atoms with Gasteiger partial charge in [-0.3, -0.25) is 14.2 Å². The molecular weight excluding hydrogens is 422 g/mol. The van der Waals surface area contributed by atoms with Crippen molar-refractivity contribution in [1.82, 2.24) is 14.9 Å². The second-order valence-electron chi connectivity index (χ2n) is 7.07. The lowest BCUT2D eigenvalue weighted by molar-refractivity contribution is -0.119. The van der Waals surface area contributed by atoms with Crippen molar-refractivity contribution in [3.05, 3.63) is 46.3 Å². The summed E-state index contributed by atoms with van der Waals surface area (Å²) in [6.07, 6.45) is 3.76. The third kappa shape index (κ3) is 4.38. The summed E-state index contributed by atoms with van der Waals surface area (Å²) in [4.78, 5) is 30.8. The Morgan fingerprint density at radius 1 is 1.50 bits per heavy atom. The Labute approximate surface area is 182 Å². The smallest absolute Gasteiger partial charge is 0.263 e. The number of nitrogens with one attached hydrogen (secondary N) is 1. The van der Waals surface area contributed by atoms with Crippen molar-refractivity contribution in [2.75, 3.05) is 18.9 Å². The first-order valence-electron chi connectivity index (χ1n) is 9.77. The summed E-state index contributed by atoms with van der Waals surface area (Å²) in [5, 5.41) is 5.82. The quantitative estimate of drug-likeness (QED) is 0.324. The molecule has 30 heavy (non-hydrogen) atoms. The molecule has 1 aliphatic heterocycles. The minimum atomic E-state index is -0.160. The summed E-state index contributed by atoms with van der Waals surface area (Å²) in [6, 6.07) is 3.73. The van der Waals surface area contributed by atoms with Crippen molar-refractivity contribution in [2.45, 2.75) is 37.6 Å². The first-order chi connectivity index (χ1) is 14.6. The highest BCUT2D eigenvalue weighted by Crippen LogP contribution is 2.33. The Morgan fingerprint density at radius 3 is 3.07 bits per heavy atom. The maximum atomic E-state index is 13.3. The van der Waals surface area contributed by atoms with E-state index in [9.17, 15) is 9.59 Å². The molecule has 0 aromatic carbocycles. The number of aromatic nitrogens is 2. The highest BCUT2D eigenvalue weighted by atomic mass is 32.2. The number of aryl methyl sites for hydroxylation is 1. The van der Waals surface area contributed by atoms with Crippen molar-refractivity contribution < 1.29 is 13.9 Å². The highest BCUT2D eigenvalue weighted by molar-refractivity contribution is 7.99. The van der Waals surface area contributed by atoms with Gasteiger partial charge in [0.05, 0.1) is 17.2 Å².